The number of nitrogens with one attached hydrogen (secondary N) is 1. The number of anilines is 1. The van der Waals surface area contributed by atoms with E-state index in [-0.39, 0.29) is 5.91 Å². The third kappa shape index (κ3) is 4.43. The van der Waals surface area contributed by atoms with Crippen molar-refractivity contribution in [2.24, 2.45) is 0 Å². The molecule has 1 N–H and O–H groups in total. The summed E-state index contributed by atoms with van der Waals surface area (Å²) in [5.41, 5.74) is 2.09. The lowest BCUT2D eigenvalue weighted by atomic mass is 10.2. The van der Waals surface area contributed by atoms with E-state index in [0.717, 1.165) is 15.6 Å². The van der Waals surface area contributed by atoms with E-state index in [1.54, 1.807) is 23.0 Å². The SMILES string of the molecule is O=C(/C=C/c1ccccc1)Nc1ccnn1Cc1ccc(Br)cc1. The first-order valence-corrected chi connectivity index (χ1v) is 8.30. The molecule has 2 aromatic carbocycles. The molecule has 0 saturated carbocycles. The van der Waals surface area contributed by atoms with Gasteiger partial charge >= 0.3 is 0 Å². The molecule has 0 fully saturated rings. The smallest absolute Gasteiger partial charge is 0.249 e. The number of amides is 1. The van der Waals surface area contributed by atoms with Gasteiger partial charge in [0.05, 0.1) is 12.7 Å². The Labute approximate surface area is 149 Å². The van der Waals surface area contributed by atoms with Crippen LogP contribution in [0.2, 0.25) is 0 Å². The zero-order valence-corrected chi connectivity index (χ0v) is 14.5. The van der Waals surface area contributed by atoms with Crippen LogP contribution in [0, 0.1) is 0 Å². The molecular formula is C19H16BrN3O. The summed E-state index contributed by atoms with van der Waals surface area (Å²) in [5, 5.41) is 7.13. The van der Waals surface area contributed by atoms with E-state index in [1.807, 2.05) is 54.6 Å². The minimum absolute atomic E-state index is 0.184. The van der Waals surface area contributed by atoms with Crippen LogP contribution in [0.3, 0.4) is 0 Å². The molecule has 0 radical (unpaired) electrons. The predicted molar refractivity (Wildman–Crippen MR) is 99.6 cm³/mol. The number of carbonyl (C=O) groups excluding carboxylic acids is 1. The van der Waals surface area contributed by atoms with Gasteiger partial charge in [0.2, 0.25) is 5.91 Å². The van der Waals surface area contributed by atoms with Crippen LogP contribution < -0.4 is 5.32 Å². The van der Waals surface area contributed by atoms with Gasteiger partial charge in [0.1, 0.15) is 5.82 Å². The molecule has 24 heavy (non-hydrogen) atoms. The van der Waals surface area contributed by atoms with E-state index in [2.05, 4.69) is 26.3 Å². The topological polar surface area (TPSA) is 46.9 Å². The molecule has 3 rings (SSSR count). The summed E-state index contributed by atoms with van der Waals surface area (Å²) in [6, 6.07) is 19.5. The summed E-state index contributed by atoms with van der Waals surface area (Å²) in [6.07, 6.45) is 4.98. The lowest BCUT2D eigenvalue weighted by molar-refractivity contribution is -0.111. The van der Waals surface area contributed by atoms with Gasteiger partial charge in [-0.3, -0.25) is 4.79 Å². The first-order chi connectivity index (χ1) is 11.7. The Balaban J connectivity index is 1.65. The highest BCUT2D eigenvalue weighted by molar-refractivity contribution is 9.10. The number of benzene rings is 2. The van der Waals surface area contributed by atoms with Crippen molar-refractivity contribution in [1.82, 2.24) is 9.78 Å². The van der Waals surface area contributed by atoms with Crippen molar-refractivity contribution in [3.8, 4) is 0 Å². The molecule has 0 atom stereocenters. The summed E-state index contributed by atoms with van der Waals surface area (Å²) < 4.78 is 2.80. The van der Waals surface area contributed by atoms with Crippen molar-refractivity contribution in [1.29, 1.82) is 0 Å². The summed E-state index contributed by atoms with van der Waals surface area (Å²) in [7, 11) is 0. The van der Waals surface area contributed by atoms with E-state index in [4.69, 9.17) is 0 Å². The van der Waals surface area contributed by atoms with Gasteiger partial charge in [-0.2, -0.15) is 5.10 Å². The highest BCUT2D eigenvalue weighted by atomic mass is 79.9. The second-order valence-electron chi connectivity index (χ2n) is 5.23. The fraction of sp³-hybridized carbons (Fsp3) is 0.0526. The molecule has 1 amide bonds. The van der Waals surface area contributed by atoms with E-state index in [1.165, 1.54) is 6.08 Å². The van der Waals surface area contributed by atoms with Gasteiger partial charge in [-0.25, -0.2) is 4.68 Å². The minimum atomic E-state index is -0.184. The molecule has 0 saturated heterocycles. The Hall–Kier alpha value is -2.66. The number of aromatic nitrogens is 2. The van der Waals surface area contributed by atoms with Gasteiger partial charge in [-0.15, -0.1) is 0 Å². The van der Waals surface area contributed by atoms with Gasteiger partial charge in [-0.1, -0.05) is 58.4 Å². The van der Waals surface area contributed by atoms with Crippen molar-refractivity contribution in [3.63, 3.8) is 0 Å². The lowest BCUT2D eigenvalue weighted by Crippen LogP contribution is -2.13. The molecule has 0 aliphatic heterocycles. The first-order valence-electron chi connectivity index (χ1n) is 7.51. The number of hydrogen-bond donors (Lipinski definition) is 1. The lowest BCUT2D eigenvalue weighted by Gasteiger charge is -2.08. The number of hydrogen-bond acceptors (Lipinski definition) is 2. The maximum Gasteiger partial charge on any atom is 0.249 e. The predicted octanol–water partition coefficient (Wildman–Crippen LogP) is 4.35. The Morgan fingerprint density at radius 2 is 1.83 bits per heavy atom. The maximum absolute atomic E-state index is 12.1. The van der Waals surface area contributed by atoms with Gasteiger partial charge in [-0.05, 0) is 29.3 Å². The zero-order valence-electron chi connectivity index (χ0n) is 12.9. The third-order valence-corrected chi connectivity index (χ3v) is 3.97. The first kappa shape index (κ1) is 16.2. The van der Waals surface area contributed by atoms with E-state index < -0.39 is 0 Å². The molecule has 0 spiro atoms. The van der Waals surface area contributed by atoms with Crippen molar-refractivity contribution in [2.45, 2.75) is 6.54 Å². The molecule has 0 unspecified atom stereocenters. The third-order valence-electron chi connectivity index (χ3n) is 3.44. The van der Waals surface area contributed by atoms with Gasteiger partial charge in [0.25, 0.3) is 0 Å². The Morgan fingerprint density at radius 1 is 1.08 bits per heavy atom. The highest BCUT2D eigenvalue weighted by Crippen LogP contribution is 2.14. The van der Waals surface area contributed by atoms with Crippen LogP contribution in [0.15, 0.2) is 77.4 Å². The summed E-state index contributed by atoms with van der Waals surface area (Å²) in [5.74, 6) is 0.483. The fourth-order valence-electron chi connectivity index (χ4n) is 2.23. The van der Waals surface area contributed by atoms with E-state index in [0.29, 0.717) is 12.4 Å². The molecular weight excluding hydrogens is 366 g/mol. The molecule has 0 aliphatic rings. The molecule has 0 bridgehead atoms. The molecule has 120 valence electrons. The molecule has 1 heterocycles. The quantitative estimate of drug-likeness (QED) is 0.667. The van der Waals surface area contributed by atoms with Crippen LogP contribution in [0.4, 0.5) is 5.82 Å². The van der Waals surface area contributed by atoms with Gasteiger partial charge in [0.15, 0.2) is 0 Å². The van der Waals surface area contributed by atoms with Crippen LogP contribution in [-0.4, -0.2) is 15.7 Å². The van der Waals surface area contributed by atoms with Gasteiger partial charge in [0, 0.05) is 16.6 Å². The standard InChI is InChI=1S/C19H16BrN3O/c20-17-9-6-16(7-10-17)14-23-18(12-13-21-23)22-19(24)11-8-15-4-2-1-3-5-15/h1-13H,14H2,(H,22,24)/b11-8+. The molecule has 4 nitrogen and oxygen atoms in total. The normalized spacial score (nSPS) is 10.9. The van der Waals surface area contributed by atoms with Crippen molar-refractivity contribution in [2.75, 3.05) is 5.32 Å². The largest absolute Gasteiger partial charge is 0.307 e. The zero-order chi connectivity index (χ0) is 16.8. The molecule has 0 aliphatic carbocycles. The number of carbonyl (C=O) groups is 1. The van der Waals surface area contributed by atoms with Crippen LogP contribution in [-0.2, 0) is 11.3 Å². The second-order valence-corrected chi connectivity index (χ2v) is 6.15. The Kier molecular flexibility index (Phi) is 5.23. The van der Waals surface area contributed by atoms with Crippen molar-refractivity contribution >= 4 is 33.7 Å². The number of halogens is 1. The monoisotopic (exact) mass is 381 g/mol. The average molecular weight is 382 g/mol. The number of nitrogens with zero attached hydrogens (tertiary/aromatic N) is 2. The highest BCUT2D eigenvalue weighted by Gasteiger charge is 2.06. The number of rotatable bonds is 5. The van der Waals surface area contributed by atoms with Crippen LogP contribution in [0.1, 0.15) is 11.1 Å². The van der Waals surface area contributed by atoms with E-state index in [9.17, 15) is 4.79 Å². The van der Waals surface area contributed by atoms with Crippen molar-refractivity contribution in [3.05, 3.63) is 88.5 Å². The Morgan fingerprint density at radius 3 is 2.58 bits per heavy atom. The maximum atomic E-state index is 12.1. The van der Waals surface area contributed by atoms with Crippen LogP contribution in [0.5, 0.6) is 0 Å². The average Bonchev–Trinajstić information content (AvgIpc) is 3.03. The van der Waals surface area contributed by atoms with Crippen molar-refractivity contribution < 1.29 is 4.79 Å². The fourth-order valence-corrected chi connectivity index (χ4v) is 2.50. The molecule has 1 aromatic heterocycles. The molecule has 5 heteroatoms. The summed E-state index contributed by atoms with van der Waals surface area (Å²) in [4.78, 5) is 12.1. The Bertz CT molecular complexity index is 839. The summed E-state index contributed by atoms with van der Waals surface area (Å²) >= 11 is 3.42. The minimum Gasteiger partial charge on any atom is -0.307 e. The van der Waals surface area contributed by atoms with Crippen LogP contribution >= 0.6 is 15.9 Å². The summed E-state index contributed by atoms with van der Waals surface area (Å²) in [6.45, 7) is 0.596. The van der Waals surface area contributed by atoms with E-state index >= 15 is 0 Å². The van der Waals surface area contributed by atoms with Gasteiger partial charge < -0.3 is 5.32 Å². The second kappa shape index (κ2) is 7.75. The van der Waals surface area contributed by atoms with Crippen LogP contribution in [0.25, 0.3) is 6.08 Å². The molecule has 3 aromatic rings.